The lowest BCUT2D eigenvalue weighted by molar-refractivity contribution is 0.590. The summed E-state index contributed by atoms with van der Waals surface area (Å²) < 4.78 is 6.85. The van der Waals surface area contributed by atoms with E-state index in [1.807, 2.05) is 0 Å². The SMILES string of the molecule is CC(C)(C)c1ccc(-c2ccccc2N(c2ccccc2)c2ccc3cc4c(cc3c2)oc2cc3cc(N(c5ccc(C(C)(C)C)cc5)c5ccccc5-c5ccc(C(C)(C)C)cc5)ccc3cc24)cc1. The van der Waals surface area contributed by atoms with E-state index < -0.39 is 0 Å². The summed E-state index contributed by atoms with van der Waals surface area (Å²) in [6.45, 7) is 20.4. The molecule has 350 valence electrons. The maximum Gasteiger partial charge on any atom is 0.136 e. The Morgan fingerprint density at radius 1 is 0.296 bits per heavy atom. The van der Waals surface area contributed by atoms with Crippen LogP contribution in [-0.2, 0) is 16.2 Å². The van der Waals surface area contributed by atoms with Crippen molar-refractivity contribution in [2.45, 2.75) is 78.6 Å². The lowest BCUT2D eigenvalue weighted by Crippen LogP contribution is -2.14. The number of furan rings is 1. The van der Waals surface area contributed by atoms with Crippen LogP contribution in [0.15, 0.2) is 217 Å². The van der Waals surface area contributed by atoms with Gasteiger partial charge in [0.05, 0.1) is 11.4 Å². The molecule has 10 aromatic carbocycles. The van der Waals surface area contributed by atoms with E-state index in [1.165, 1.54) is 49.7 Å². The third-order valence-corrected chi connectivity index (χ3v) is 14.3. The van der Waals surface area contributed by atoms with E-state index in [0.717, 1.165) is 66.8 Å². The van der Waals surface area contributed by atoms with Crippen molar-refractivity contribution < 1.29 is 4.42 Å². The van der Waals surface area contributed by atoms with Crippen LogP contribution in [0.5, 0.6) is 0 Å². The largest absolute Gasteiger partial charge is 0.456 e. The van der Waals surface area contributed by atoms with Crippen LogP contribution in [0.2, 0.25) is 0 Å². The Morgan fingerprint density at radius 2 is 0.648 bits per heavy atom. The molecule has 3 nitrogen and oxygen atoms in total. The molecule has 0 spiro atoms. The normalized spacial score (nSPS) is 12.3. The van der Waals surface area contributed by atoms with Gasteiger partial charge in [0, 0.05) is 44.6 Å². The fraction of sp³-hybridized carbons (Fsp3) is 0.176. The average molecular weight is 923 g/mol. The van der Waals surface area contributed by atoms with Gasteiger partial charge >= 0.3 is 0 Å². The molecular formula is C68H62N2O. The molecule has 3 heteroatoms. The summed E-state index contributed by atoms with van der Waals surface area (Å²) in [7, 11) is 0. The molecule has 0 saturated carbocycles. The first kappa shape index (κ1) is 45.6. The quantitative estimate of drug-likeness (QED) is 0.151. The van der Waals surface area contributed by atoms with Gasteiger partial charge in [0.25, 0.3) is 0 Å². The maximum atomic E-state index is 6.85. The lowest BCUT2D eigenvalue weighted by Gasteiger charge is -2.29. The molecule has 0 saturated heterocycles. The molecule has 0 fully saturated rings. The van der Waals surface area contributed by atoms with E-state index in [9.17, 15) is 0 Å². The van der Waals surface area contributed by atoms with Crippen LogP contribution in [0.4, 0.5) is 34.1 Å². The van der Waals surface area contributed by atoms with Crippen LogP contribution < -0.4 is 9.80 Å². The van der Waals surface area contributed by atoms with Crippen molar-refractivity contribution in [3.8, 4) is 22.3 Å². The Balaban J connectivity index is 1.00. The van der Waals surface area contributed by atoms with Gasteiger partial charge in [-0.2, -0.15) is 0 Å². The predicted molar refractivity (Wildman–Crippen MR) is 305 cm³/mol. The van der Waals surface area contributed by atoms with Crippen LogP contribution in [-0.4, -0.2) is 0 Å². The van der Waals surface area contributed by atoms with E-state index in [2.05, 4.69) is 284 Å². The van der Waals surface area contributed by atoms with Gasteiger partial charge in [0.1, 0.15) is 11.2 Å². The molecule has 0 aliphatic rings. The number of anilines is 6. The van der Waals surface area contributed by atoms with E-state index in [4.69, 9.17) is 4.42 Å². The first-order valence-electron chi connectivity index (χ1n) is 25.1. The van der Waals surface area contributed by atoms with Gasteiger partial charge in [-0.1, -0.05) is 190 Å². The number of hydrogen-bond acceptors (Lipinski definition) is 3. The molecule has 1 heterocycles. The summed E-state index contributed by atoms with van der Waals surface area (Å²) in [6.07, 6.45) is 0. The van der Waals surface area contributed by atoms with Crippen LogP contribution in [0.3, 0.4) is 0 Å². The first-order valence-corrected chi connectivity index (χ1v) is 25.1. The Kier molecular flexibility index (Phi) is 11.2. The molecule has 71 heavy (non-hydrogen) atoms. The zero-order chi connectivity index (χ0) is 49.2. The highest BCUT2D eigenvalue weighted by atomic mass is 16.3. The van der Waals surface area contributed by atoms with Crippen LogP contribution in [0.1, 0.15) is 79.0 Å². The number of para-hydroxylation sites is 3. The molecule has 11 aromatic rings. The van der Waals surface area contributed by atoms with Crippen molar-refractivity contribution >= 4 is 77.6 Å². The molecule has 0 amide bonds. The standard InChI is InChI=1S/C68H62N2O/c1-66(2,3)51-29-23-45(24-30-51)58-19-13-15-21-62(58)69(54-17-11-10-12-18-54)56-35-27-47-41-60-61-42-48-28-36-57(40-50(48)44-65(61)71-64(60)43-49(47)39-56)70(55-37-33-53(34-38-55)68(7,8)9)63-22-16-14-20-59(63)46-25-31-52(32-26-46)67(4,5)6/h10-44H,1-9H3. The minimum Gasteiger partial charge on any atom is -0.456 e. The topological polar surface area (TPSA) is 19.6 Å². The second-order valence-corrected chi connectivity index (χ2v) is 22.4. The smallest absolute Gasteiger partial charge is 0.136 e. The van der Waals surface area contributed by atoms with Gasteiger partial charge in [-0.05, 0) is 151 Å². The van der Waals surface area contributed by atoms with Crippen molar-refractivity contribution in [1.82, 2.24) is 0 Å². The van der Waals surface area contributed by atoms with Crippen LogP contribution in [0, 0.1) is 0 Å². The number of rotatable bonds is 8. The summed E-state index contributed by atoms with van der Waals surface area (Å²) in [5.41, 5.74) is 17.2. The number of fused-ring (bicyclic) bond motifs is 5. The highest BCUT2D eigenvalue weighted by Crippen LogP contribution is 2.46. The Morgan fingerprint density at radius 3 is 1.06 bits per heavy atom. The maximum absolute atomic E-state index is 6.85. The van der Waals surface area contributed by atoms with Gasteiger partial charge in [-0.25, -0.2) is 0 Å². The van der Waals surface area contributed by atoms with Crippen LogP contribution in [0.25, 0.3) is 65.7 Å². The minimum atomic E-state index is 0.0413. The van der Waals surface area contributed by atoms with Crippen molar-refractivity contribution in [3.63, 3.8) is 0 Å². The third-order valence-electron chi connectivity index (χ3n) is 14.3. The molecule has 0 N–H and O–H groups in total. The molecule has 0 radical (unpaired) electrons. The number of nitrogens with zero attached hydrogens (tertiary/aromatic N) is 2. The van der Waals surface area contributed by atoms with E-state index in [1.54, 1.807) is 0 Å². The Labute approximate surface area is 419 Å². The second-order valence-electron chi connectivity index (χ2n) is 22.4. The summed E-state index contributed by atoms with van der Waals surface area (Å²) in [5, 5.41) is 6.80. The molecule has 0 aliphatic heterocycles. The number of hydrogen-bond donors (Lipinski definition) is 0. The fourth-order valence-electron chi connectivity index (χ4n) is 10.2. The molecule has 1 aromatic heterocycles. The average Bonchev–Trinajstić information content (AvgIpc) is 3.70. The summed E-state index contributed by atoms with van der Waals surface area (Å²) >= 11 is 0. The molecule has 0 bridgehead atoms. The van der Waals surface area contributed by atoms with Crippen molar-refractivity contribution in [1.29, 1.82) is 0 Å². The van der Waals surface area contributed by atoms with Crippen molar-refractivity contribution in [3.05, 3.63) is 229 Å². The summed E-state index contributed by atoms with van der Waals surface area (Å²) in [5.74, 6) is 0. The van der Waals surface area contributed by atoms with Gasteiger partial charge in [0.2, 0.25) is 0 Å². The zero-order valence-electron chi connectivity index (χ0n) is 42.5. The summed E-state index contributed by atoms with van der Waals surface area (Å²) in [6, 6.07) is 78.2. The molecule has 11 rings (SSSR count). The first-order chi connectivity index (χ1) is 34.1. The third kappa shape index (κ3) is 8.76. The monoisotopic (exact) mass is 922 g/mol. The van der Waals surface area contributed by atoms with Crippen molar-refractivity contribution in [2.24, 2.45) is 0 Å². The molecule has 0 aliphatic carbocycles. The summed E-state index contributed by atoms with van der Waals surface area (Å²) in [4.78, 5) is 4.79. The Bertz CT molecular complexity index is 3730. The van der Waals surface area contributed by atoms with Gasteiger partial charge in [-0.15, -0.1) is 0 Å². The van der Waals surface area contributed by atoms with Gasteiger partial charge in [0.15, 0.2) is 0 Å². The van der Waals surface area contributed by atoms with E-state index in [-0.39, 0.29) is 16.2 Å². The van der Waals surface area contributed by atoms with E-state index >= 15 is 0 Å². The van der Waals surface area contributed by atoms with Crippen LogP contribution >= 0.6 is 0 Å². The molecule has 0 atom stereocenters. The highest BCUT2D eigenvalue weighted by Gasteiger charge is 2.23. The predicted octanol–water partition coefficient (Wildman–Crippen LogP) is 20.1. The molecule has 0 unspecified atom stereocenters. The van der Waals surface area contributed by atoms with Gasteiger partial charge in [-0.3, -0.25) is 0 Å². The van der Waals surface area contributed by atoms with Gasteiger partial charge < -0.3 is 14.2 Å². The lowest BCUT2D eigenvalue weighted by atomic mass is 9.86. The Hall–Kier alpha value is -7.88. The minimum absolute atomic E-state index is 0.0413. The van der Waals surface area contributed by atoms with Crippen molar-refractivity contribution in [2.75, 3.05) is 9.80 Å². The number of benzene rings is 10. The van der Waals surface area contributed by atoms with E-state index in [0.29, 0.717) is 0 Å². The second kappa shape index (κ2) is 17.5. The highest BCUT2D eigenvalue weighted by molar-refractivity contribution is 6.14. The fourth-order valence-corrected chi connectivity index (χ4v) is 10.2. The zero-order valence-corrected chi connectivity index (χ0v) is 42.5. The molecular weight excluding hydrogens is 861 g/mol.